The van der Waals surface area contributed by atoms with Gasteiger partial charge in [0, 0.05) is 0 Å². The van der Waals surface area contributed by atoms with Gasteiger partial charge in [-0.15, -0.1) is 0 Å². The van der Waals surface area contributed by atoms with E-state index >= 15 is 0 Å². The van der Waals surface area contributed by atoms with Crippen molar-refractivity contribution >= 4 is 15.9 Å². The summed E-state index contributed by atoms with van der Waals surface area (Å²) in [5.74, 6) is 0.708. The van der Waals surface area contributed by atoms with Crippen LogP contribution < -0.4 is 0 Å². The maximum Gasteiger partial charge on any atom is 0.0647 e. The number of aryl methyl sites for hydroxylation is 2. The van der Waals surface area contributed by atoms with Crippen LogP contribution in [0.5, 0.6) is 0 Å². The van der Waals surface area contributed by atoms with Crippen LogP contribution in [0.15, 0.2) is 42.5 Å². The second kappa shape index (κ2) is 6.58. The molecule has 1 atom stereocenters. The Labute approximate surface area is 131 Å². The third kappa shape index (κ3) is 3.73. The first-order valence-electron chi connectivity index (χ1n) is 7.27. The molecule has 0 nitrogen and oxygen atoms in total. The highest BCUT2D eigenvalue weighted by atomic mass is 79.9. The van der Waals surface area contributed by atoms with Crippen LogP contribution in [0.2, 0.25) is 0 Å². The molecule has 20 heavy (non-hydrogen) atoms. The minimum Gasteiger partial charge on any atom is -0.0786 e. The Morgan fingerprint density at radius 2 is 1.60 bits per heavy atom. The first-order valence-corrected chi connectivity index (χ1v) is 8.19. The van der Waals surface area contributed by atoms with Gasteiger partial charge in [0.25, 0.3) is 0 Å². The van der Waals surface area contributed by atoms with E-state index in [0.29, 0.717) is 5.92 Å². The Bertz CT molecular complexity index is 567. The topological polar surface area (TPSA) is 0 Å². The third-order valence-corrected chi connectivity index (χ3v) is 4.64. The first kappa shape index (κ1) is 15.3. The fourth-order valence-electron chi connectivity index (χ4n) is 2.58. The molecule has 2 aromatic carbocycles. The van der Waals surface area contributed by atoms with Crippen molar-refractivity contribution in [2.24, 2.45) is 5.92 Å². The van der Waals surface area contributed by atoms with Gasteiger partial charge in [-0.25, -0.2) is 0 Å². The predicted molar refractivity (Wildman–Crippen MR) is 91.7 cm³/mol. The van der Waals surface area contributed by atoms with Crippen LogP contribution in [0.4, 0.5) is 0 Å². The largest absolute Gasteiger partial charge is 0.0786 e. The van der Waals surface area contributed by atoms with Gasteiger partial charge in [-0.2, -0.15) is 0 Å². The van der Waals surface area contributed by atoms with Crippen molar-refractivity contribution in [1.82, 2.24) is 0 Å². The van der Waals surface area contributed by atoms with E-state index in [1.54, 1.807) is 0 Å². The molecule has 0 aromatic heterocycles. The summed E-state index contributed by atoms with van der Waals surface area (Å²) < 4.78 is 0. The van der Waals surface area contributed by atoms with E-state index in [-0.39, 0.29) is 4.83 Å². The van der Waals surface area contributed by atoms with Gasteiger partial charge in [-0.3, -0.25) is 0 Å². The quantitative estimate of drug-likeness (QED) is 0.604. The summed E-state index contributed by atoms with van der Waals surface area (Å²) in [6.45, 7) is 8.85. The number of hydrogen-bond donors (Lipinski definition) is 0. The third-order valence-electron chi connectivity index (χ3n) is 3.61. The molecule has 0 saturated heterocycles. The van der Waals surface area contributed by atoms with Crippen molar-refractivity contribution in [1.29, 1.82) is 0 Å². The number of hydrogen-bond acceptors (Lipinski definition) is 0. The molecule has 0 radical (unpaired) electrons. The Balaban J connectivity index is 2.22. The van der Waals surface area contributed by atoms with E-state index in [2.05, 4.69) is 86.1 Å². The van der Waals surface area contributed by atoms with E-state index in [0.717, 1.165) is 6.42 Å². The number of halogens is 1. The lowest BCUT2D eigenvalue weighted by atomic mass is 9.96. The molecule has 2 rings (SSSR count). The minimum absolute atomic E-state index is 0.274. The molecule has 0 aliphatic heterocycles. The summed E-state index contributed by atoms with van der Waals surface area (Å²) in [6, 6.07) is 15.7. The van der Waals surface area contributed by atoms with Crippen LogP contribution in [-0.2, 0) is 6.42 Å². The van der Waals surface area contributed by atoms with Crippen molar-refractivity contribution in [2.45, 2.75) is 38.9 Å². The van der Waals surface area contributed by atoms with E-state index in [1.165, 1.54) is 27.8 Å². The molecule has 0 fully saturated rings. The molecule has 0 amide bonds. The predicted octanol–water partition coefficient (Wildman–Crippen LogP) is 5.99. The minimum atomic E-state index is 0.274. The smallest absolute Gasteiger partial charge is 0.0647 e. The first-order chi connectivity index (χ1) is 9.47. The van der Waals surface area contributed by atoms with Crippen molar-refractivity contribution in [3.63, 3.8) is 0 Å². The van der Waals surface area contributed by atoms with Gasteiger partial charge >= 0.3 is 0 Å². The Morgan fingerprint density at radius 3 is 2.15 bits per heavy atom. The number of alkyl halides is 1. The molecular formula is C19H23Br. The second-order valence-electron chi connectivity index (χ2n) is 6.06. The van der Waals surface area contributed by atoms with Gasteiger partial charge in [-0.05, 0) is 48.4 Å². The molecule has 0 spiro atoms. The Hall–Kier alpha value is -1.08. The number of benzene rings is 2. The Morgan fingerprint density at radius 1 is 0.950 bits per heavy atom. The summed E-state index contributed by atoms with van der Waals surface area (Å²) in [5.41, 5.74) is 6.76. The maximum atomic E-state index is 3.84. The summed E-state index contributed by atoms with van der Waals surface area (Å²) in [6.07, 6.45) is 1.15. The maximum absolute atomic E-state index is 3.84. The van der Waals surface area contributed by atoms with E-state index in [4.69, 9.17) is 0 Å². The summed E-state index contributed by atoms with van der Waals surface area (Å²) in [4.78, 5) is 0.274. The molecule has 1 unspecified atom stereocenters. The lowest BCUT2D eigenvalue weighted by Gasteiger charge is -2.15. The average molecular weight is 331 g/mol. The molecule has 0 bridgehead atoms. The molecule has 1 heteroatoms. The van der Waals surface area contributed by atoms with Gasteiger partial charge in [0.15, 0.2) is 0 Å². The van der Waals surface area contributed by atoms with Crippen molar-refractivity contribution in [3.05, 3.63) is 70.3 Å². The molecule has 2 aromatic rings. The zero-order chi connectivity index (χ0) is 14.7. The van der Waals surface area contributed by atoms with Gasteiger partial charge in [-0.1, -0.05) is 77.8 Å². The monoisotopic (exact) mass is 330 g/mol. The van der Waals surface area contributed by atoms with Crippen LogP contribution in [0.25, 0.3) is 0 Å². The van der Waals surface area contributed by atoms with Gasteiger partial charge in [0.2, 0.25) is 0 Å². The Kier molecular flexibility index (Phi) is 5.04. The zero-order valence-corrected chi connectivity index (χ0v) is 14.4. The lowest BCUT2D eigenvalue weighted by Crippen LogP contribution is -1.98. The molecular weight excluding hydrogens is 308 g/mol. The molecule has 0 aliphatic carbocycles. The lowest BCUT2D eigenvalue weighted by molar-refractivity contribution is 0.647. The highest BCUT2D eigenvalue weighted by molar-refractivity contribution is 9.09. The molecule has 0 saturated carbocycles. The van der Waals surface area contributed by atoms with Crippen LogP contribution in [0.3, 0.4) is 0 Å². The van der Waals surface area contributed by atoms with Crippen LogP contribution in [0.1, 0.15) is 46.5 Å². The SMILES string of the molecule is Cc1ccc(C(Br)c2ccc(CC(C)C)cc2)c(C)c1. The van der Waals surface area contributed by atoms with Gasteiger partial charge in [0.05, 0.1) is 4.83 Å². The van der Waals surface area contributed by atoms with Crippen molar-refractivity contribution in [3.8, 4) is 0 Å². The fraction of sp³-hybridized carbons (Fsp3) is 0.368. The van der Waals surface area contributed by atoms with Crippen molar-refractivity contribution < 1.29 is 0 Å². The fourth-order valence-corrected chi connectivity index (χ4v) is 3.40. The molecule has 0 N–H and O–H groups in total. The summed E-state index contributed by atoms with van der Waals surface area (Å²) >= 11 is 3.84. The van der Waals surface area contributed by atoms with Crippen LogP contribution in [0, 0.1) is 19.8 Å². The highest BCUT2D eigenvalue weighted by Crippen LogP contribution is 2.33. The molecule has 0 heterocycles. The van der Waals surface area contributed by atoms with E-state index in [9.17, 15) is 0 Å². The van der Waals surface area contributed by atoms with E-state index in [1.807, 2.05) is 0 Å². The highest BCUT2D eigenvalue weighted by Gasteiger charge is 2.12. The van der Waals surface area contributed by atoms with E-state index < -0.39 is 0 Å². The van der Waals surface area contributed by atoms with Crippen LogP contribution in [-0.4, -0.2) is 0 Å². The zero-order valence-electron chi connectivity index (χ0n) is 12.8. The average Bonchev–Trinajstić information content (AvgIpc) is 2.38. The normalized spacial score (nSPS) is 12.7. The van der Waals surface area contributed by atoms with Crippen molar-refractivity contribution in [2.75, 3.05) is 0 Å². The summed E-state index contributed by atoms with van der Waals surface area (Å²) in [7, 11) is 0. The second-order valence-corrected chi connectivity index (χ2v) is 6.98. The van der Waals surface area contributed by atoms with Crippen LogP contribution >= 0.6 is 15.9 Å². The number of rotatable bonds is 4. The molecule has 106 valence electrons. The van der Waals surface area contributed by atoms with Gasteiger partial charge < -0.3 is 0 Å². The summed E-state index contributed by atoms with van der Waals surface area (Å²) in [5, 5.41) is 0. The standard InChI is InChI=1S/C19H23Br/c1-13(2)11-16-6-8-17(9-7-16)19(20)18-10-5-14(3)12-15(18)4/h5-10,12-13,19H,11H2,1-4H3. The van der Waals surface area contributed by atoms with Gasteiger partial charge in [0.1, 0.15) is 0 Å². The molecule has 0 aliphatic rings.